The molecule has 4 rings (SSSR count). The molecule has 6 nitrogen and oxygen atoms in total. The Morgan fingerprint density at radius 1 is 0.964 bits per heavy atom. The summed E-state index contributed by atoms with van der Waals surface area (Å²) in [5, 5.41) is 0. The van der Waals surface area contributed by atoms with E-state index in [9.17, 15) is 22.0 Å². The van der Waals surface area contributed by atoms with Gasteiger partial charge in [-0.25, -0.2) is 22.0 Å². The van der Waals surface area contributed by atoms with Crippen LogP contribution in [0.2, 0.25) is 0 Å². The van der Waals surface area contributed by atoms with Crippen LogP contribution in [0.25, 0.3) is 0 Å². The average molecular weight is 401 g/mol. The van der Waals surface area contributed by atoms with Crippen molar-refractivity contribution >= 4 is 27.4 Å². The molecule has 0 spiro atoms. The zero-order valence-electron chi connectivity index (χ0n) is 14.3. The summed E-state index contributed by atoms with van der Waals surface area (Å²) in [5.41, 5.74) is 0.129. The highest BCUT2D eigenvalue weighted by molar-refractivity contribution is 7.94. The van der Waals surface area contributed by atoms with E-state index in [4.69, 9.17) is 0 Å². The molecule has 9 heteroatoms. The van der Waals surface area contributed by atoms with Crippen molar-refractivity contribution < 1.29 is 22.0 Å². The molecule has 2 amide bonds. The summed E-state index contributed by atoms with van der Waals surface area (Å²) >= 11 is 0. The monoisotopic (exact) mass is 401 g/mol. The second-order valence-corrected chi connectivity index (χ2v) is 7.82. The summed E-state index contributed by atoms with van der Waals surface area (Å²) < 4.78 is 54.4. The molecule has 1 aliphatic rings. The van der Waals surface area contributed by atoms with Crippen LogP contribution in [0.5, 0.6) is 0 Å². The van der Waals surface area contributed by atoms with Gasteiger partial charge in [0.05, 0.1) is 12.2 Å². The maximum Gasteiger partial charge on any atom is 0.343 e. The first-order chi connectivity index (χ1) is 13.4. The number of anilines is 2. The first kappa shape index (κ1) is 18.1. The number of fused-ring (bicyclic) bond motifs is 1. The zero-order valence-corrected chi connectivity index (χ0v) is 15.1. The fourth-order valence-corrected chi connectivity index (χ4v) is 4.61. The number of pyridine rings is 1. The predicted octanol–water partition coefficient (Wildman–Crippen LogP) is 3.70. The summed E-state index contributed by atoms with van der Waals surface area (Å²) in [7, 11) is -4.43. The molecule has 3 aromatic rings. The molecule has 2 aromatic carbocycles. The molecular weight excluding hydrogens is 388 g/mol. The smallest absolute Gasteiger partial charge is 0.287 e. The highest BCUT2D eigenvalue weighted by Crippen LogP contribution is 2.38. The standard InChI is InChI=1S/C19H13F2N3O3S/c20-14-7-8-15(21)17(10-14)24-19(25)23(12-13-4-3-9-22-11-13)16-5-1-2-6-18(16)28(24,26)27/h1-11H,12H2. The van der Waals surface area contributed by atoms with Gasteiger partial charge < -0.3 is 0 Å². The van der Waals surface area contributed by atoms with Crippen molar-refractivity contribution in [3.05, 3.63) is 84.2 Å². The Bertz CT molecular complexity index is 1170. The van der Waals surface area contributed by atoms with Gasteiger partial charge in [0.15, 0.2) is 0 Å². The summed E-state index contributed by atoms with van der Waals surface area (Å²) in [6.07, 6.45) is 3.10. The van der Waals surface area contributed by atoms with E-state index in [1.54, 1.807) is 24.4 Å². The van der Waals surface area contributed by atoms with Gasteiger partial charge in [-0.3, -0.25) is 9.88 Å². The number of nitrogens with zero attached hydrogens (tertiary/aromatic N) is 3. The Morgan fingerprint density at radius 3 is 2.50 bits per heavy atom. The van der Waals surface area contributed by atoms with Crippen LogP contribution in [0.3, 0.4) is 0 Å². The number of hydrogen-bond donors (Lipinski definition) is 0. The fraction of sp³-hybridized carbons (Fsp3) is 0.0526. The summed E-state index contributed by atoms with van der Waals surface area (Å²) in [4.78, 5) is 18.1. The van der Waals surface area contributed by atoms with Crippen molar-refractivity contribution in [3.63, 3.8) is 0 Å². The minimum absolute atomic E-state index is 0.00659. The maximum atomic E-state index is 14.3. The number of para-hydroxylation sites is 1. The molecule has 0 saturated heterocycles. The first-order valence-electron chi connectivity index (χ1n) is 8.19. The van der Waals surface area contributed by atoms with E-state index in [2.05, 4.69) is 4.98 Å². The molecule has 1 aromatic heterocycles. The van der Waals surface area contributed by atoms with Gasteiger partial charge in [0.2, 0.25) is 0 Å². The number of halogens is 2. The molecule has 0 fully saturated rings. The maximum absolute atomic E-state index is 14.3. The van der Waals surface area contributed by atoms with Crippen molar-refractivity contribution in [2.75, 3.05) is 9.21 Å². The second-order valence-electron chi connectivity index (χ2n) is 6.06. The van der Waals surface area contributed by atoms with Crippen molar-refractivity contribution in [1.82, 2.24) is 4.98 Å². The summed E-state index contributed by atoms with van der Waals surface area (Å²) in [5.74, 6) is -1.89. The Labute approximate surface area is 159 Å². The van der Waals surface area contributed by atoms with E-state index in [1.165, 1.54) is 29.3 Å². The number of urea groups is 1. The quantitative estimate of drug-likeness (QED) is 0.671. The third kappa shape index (κ3) is 2.89. The number of amides is 2. The first-order valence-corrected chi connectivity index (χ1v) is 9.63. The van der Waals surface area contributed by atoms with Crippen molar-refractivity contribution in [3.8, 4) is 0 Å². The number of carbonyl (C=O) groups excluding carboxylic acids is 1. The Hall–Kier alpha value is -3.33. The molecule has 1 aliphatic heterocycles. The lowest BCUT2D eigenvalue weighted by Crippen LogP contribution is -2.51. The van der Waals surface area contributed by atoms with Crippen LogP contribution in [0.4, 0.5) is 25.0 Å². The number of aromatic nitrogens is 1. The SMILES string of the molecule is O=C1N(Cc2cccnc2)c2ccccc2S(=O)(=O)N1c1cc(F)ccc1F. The zero-order chi connectivity index (χ0) is 19.9. The Balaban J connectivity index is 1.91. The van der Waals surface area contributed by atoms with Crippen LogP contribution in [-0.2, 0) is 16.6 Å². The predicted molar refractivity (Wildman–Crippen MR) is 98.3 cm³/mol. The molecule has 142 valence electrons. The van der Waals surface area contributed by atoms with Gasteiger partial charge in [0.1, 0.15) is 22.2 Å². The molecule has 2 heterocycles. The lowest BCUT2D eigenvalue weighted by Gasteiger charge is -2.36. The fourth-order valence-electron chi connectivity index (χ4n) is 3.01. The van der Waals surface area contributed by atoms with Gasteiger partial charge in [-0.05, 0) is 35.9 Å². The molecule has 28 heavy (non-hydrogen) atoms. The van der Waals surface area contributed by atoms with Gasteiger partial charge in [-0.2, -0.15) is 4.31 Å². The highest BCUT2D eigenvalue weighted by atomic mass is 32.2. The Kier molecular flexibility index (Phi) is 4.31. The van der Waals surface area contributed by atoms with Crippen LogP contribution < -0.4 is 9.21 Å². The molecule has 0 atom stereocenters. The topological polar surface area (TPSA) is 70.6 Å². The minimum atomic E-state index is -4.43. The van der Waals surface area contributed by atoms with E-state index in [0.717, 1.165) is 12.1 Å². The van der Waals surface area contributed by atoms with E-state index >= 15 is 0 Å². The summed E-state index contributed by atoms with van der Waals surface area (Å²) in [6, 6.07) is 10.6. The number of rotatable bonds is 3. The molecule has 0 aliphatic carbocycles. The largest absolute Gasteiger partial charge is 0.343 e. The third-order valence-corrected chi connectivity index (χ3v) is 6.00. The highest BCUT2D eigenvalue weighted by Gasteiger charge is 2.43. The van der Waals surface area contributed by atoms with Crippen LogP contribution in [0, 0.1) is 11.6 Å². The third-order valence-electron chi connectivity index (χ3n) is 4.27. The van der Waals surface area contributed by atoms with Gasteiger partial charge >= 0.3 is 6.03 Å². The second kappa shape index (κ2) is 6.68. The van der Waals surface area contributed by atoms with Crippen LogP contribution in [0.15, 0.2) is 71.9 Å². The molecule has 0 radical (unpaired) electrons. The van der Waals surface area contributed by atoms with Gasteiger partial charge in [-0.1, -0.05) is 18.2 Å². The molecule has 0 N–H and O–H groups in total. The van der Waals surface area contributed by atoms with Gasteiger partial charge in [0, 0.05) is 18.5 Å². The van der Waals surface area contributed by atoms with Crippen molar-refractivity contribution in [1.29, 1.82) is 0 Å². The average Bonchev–Trinajstić information content (AvgIpc) is 2.69. The molecule has 0 saturated carbocycles. The number of benzene rings is 2. The van der Waals surface area contributed by atoms with Gasteiger partial charge in [0.25, 0.3) is 10.0 Å². The van der Waals surface area contributed by atoms with E-state index in [0.29, 0.717) is 15.9 Å². The van der Waals surface area contributed by atoms with Crippen LogP contribution >= 0.6 is 0 Å². The minimum Gasteiger partial charge on any atom is -0.287 e. The van der Waals surface area contributed by atoms with E-state index in [-0.39, 0.29) is 17.1 Å². The lowest BCUT2D eigenvalue weighted by molar-refractivity contribution is 0.253. The van der Waals surface area contributed by atoms with Crippen molar-refractivity contribution in [2.45, 2.75) is 11.4 Å². The summed E-state index contributed by atoms with van der Waals surface area (Å²) in [6.45, 7) is 0.00659. The van der Waals surface area contributed by atoms with Gasteiger partial charge in [-0.15, -0.1) is 0 Å². The normalized spacial score (nSPS) is 15.4. The number of sulfonamides is 1. The molecule has 0 bridgehead atoms. The van der Waals surface area contributed by atoms with Crippen LogP contribution in [-0.4, -0.2) is 19.4 Å². The van der Waals surface area contributed by atoms with E-state index in [1.807, 2.05) is 0 Å². The number of hydrogen-bond acceptors (Lipinski definition) is 4. The van der Waals surface area contributed by atoms with Crippen molar-refractivity contribution in [2.24, 2.45) is 0 Å². The number of carbonyl (C=O) groups is 1. The molecule has 0 unspecified atom stereocenters. The van der Waals surface area contributed by atoms with E-state index < -0.39 is 33.4 Å². The lowest BCUT2D eigenvalue weighted by atomic mass is 10.2. The molecular formula is C19H13F2N3O3S. The van der Waals surface area contributed by atoms with Crippen LogP contribution in [0.1, 0.15) is 5.56 Å². The Morgan fingerprint density at radius 2 is 1.75 bits per heavy atom.